The highest BCUT2D eigenvalue weighted by Crippen LogP contribution is 2.45. The molecule has 202 valence electrons. The Balaban J connectivity index is 1.64. The summed E-state index contributed by atoms with van der Waals surface area (Å²) in [6.45, 7) is 10.1. The number of aromatic nitrogens is 1. The van der Waals surface area contributed by atoms with Crippen LogP contribution in [0.25, 0.3) is 39.9 Å². The molecule has 2 saturated heterocycles. The summed E-state index contributed by atoms with van der Waals surface area (Å²) in [6, 6.07) is 7.19. The summed E-state index contributed by atoms with van der Waals surface area (Å²) in [5.74, 6) is 0.0532. The SMILES string of the molecule is C=C(c1c(OC(C)C)nc2c(c1CC(N)N)C=Cc1c(F)ccc3cc(N=O)cc-2c13)N1CC2CCC(C1)N2. The molecule has 5 N–H and O–H groups in total. The van der Waals surface area contributed by atoms with Crippen LogP contribution in [-0.4, -0.2) is 47.3 Å². The summed E-state index contributed by atoms with van der Waals surface area (Å²) < 4.78 is 21.5. The van der Waals surface area contributed by atoms with Crippen LogP contribution in [0.1, 0.15) is 48.9 Å². The zero-order chi connectivity index (χ0) is 27.4. The van der Waals surface area contributed by atoms with Crippen LogP contribution < -0.4 is 21.5 Å². The third-order valence-corrected chi connectivity index (χ3v) is 7.85. The van der Waals surface area contributed by atoms with Crippen LogP contribution in [0.3, 0.4) is 0 Å². The fourth-order valence-electron chi connectivity index (χ4n) is 6.26. The van der Waals surface area contributed by atoms with Gasteiger partial charge in [-0.3, -0.25) is 0 Å². The molecule has 8 nitrogen and oxygen atoms in total. The molecule has 0 spiro atoms. The Kier molecular flexibility index (Phi) is 6.45. The summed E-state index contributed by atoms with van der Waals surface area (Å²) in [5, 5.41) is 8.21. The zero-order valence-corrected chi connectivity index (χ0v) is 22.2. The second kappa shape index (κ2) is 9.82. The van der Waals surface area contributed by atoms with Crippen LogP contribution in [-0.2, 0) is 6.42 Å². The topological polar surface area (TPSA) is 119 Å². The predicted octanol–water partition coefficient (Wildman–Crippen LogP) is 4.90. The van der Waals surface area contributed by atoms with E-state index in [1.807, 2.05) is 19.9 Å². The normalized spacial score (nSPS) is 19.5. The number of benzene rings is 2. The average molecular weight is 529 g/mol. The Morgan fingerprint density at radius 1 is 1.21 bits per heavy atom. The molecular formula is C30H33FN6O2. The van der Waals surface area contributed by atoms with Gasteiger partial charge in [0.15, 0.2) is 0 Å². The van der Waals surface area contributed by atoms with Gasteiger partial charge in [0.25, 0.3) is 0 Å². The number of rotatable bonds is 7. The van der Waals surface area contributed by atoms with Gasteiger partial charge in [0, 0.05) is 59.4 Å². The molecule has 1 aromatic heterocycles. The lowest BCUT2D eigenvalue weighted by Gasteiger charge is -2.37. The molecule has 39 heavy (non-hydrogen) atoms. The van der Waals surface area contributed by atoms with E-state index in [1.165, 1.54) is 6.07 Å². The summed E-state index contributed by atoms with van der Waals surface area (Å²) in [7, 11) is 0. The Bertz CT molecular complexity index is 1520. The molecule has 0 amide bonds. The largest absolute Gasteiger partial charge is 0.474 e. The van der Waals surface area contributed by atoms with Gasteiger partial charge in [-0.05, 0) is 61.0 Å². The number of nitrogens with one attached hydrogen (secondary N) is 1. The molecule has 2 atom stereocenters. The standard InChI is InChI=1S/C30H33FN6O2/c1-15(2)39-30-27(16(3)37-13-18-5-6-19(14-37)34-18)23(12-26(32)33)21-7-8-22-25(31)9-4-17-10-20(36-38)11-24(28(17)22)29(21)35-30/h4,7-11,15,18-19,26,34H,3,5-6,12-14,32-33H2,1-2H3. The Morgan fingerprint density at radius 3 is 2.59 bits per heavy atom. The van der Waals surface area contributed by atoms with Crippen molar-refractivity contribution in [1.82, 2.24) is 15.2 Å². The predicted molar refractivity (Wildman–Crippen MR) is 154 cm³/mol. The first kappa shape index (κ1) is 25.6. The van der Waals surface area contributed by atoms with E-state index >= 15 is 4.39 Å². The van der Waals surface area contributed by atoms with E-state index in [-0.39, 0.29) is 17.6 Å². The lowest BCUT2D eigenvalue weighted by molar-refractivity contribution is 0.229. The maximum Gasteiger partial charge on any atom is 0.224 e. The second-order valence-electron chi connectivity index (χ2n) is 11.0. The van der Waals surface area contributed by atoms with Crippen molar-refractivity contribution in [2.24, 2.45) is 16.6 Å². The third-order valence-electron chi connectivity index (χ3n) is 7.85. The minimum absolute atomic E-state index is 0.172. The second-order valence-corrected chi connectivity index (χ2v) is 11.0. The molecule has 0 radical (unpaired) electrons. The van der Waals surface area contributed by atoms with Gasteiger partial charge < -0.3 is 26.4 Å². The number of nitrogens with zero attached hydrogens (tertiary/aromatic N) is 3. The van der Waals surface area contributed by atoms with Gasteiger partial charge in [-0.2, -0.15) is 0 Å². The van der Waals surface area contributed by atoms with Crippen molar-refractivity contribution in [3.8, 4) is 17.1 Å². The van der Waals surface area contributed by atoms with E-state index in [9.17, 15) is 4.91 Å². The van der Waals surface area contributed by atoms with Crippen molar-refractivity contribution in [3.63, 3.8) is 0 Å². The number of halogens is 1. The molecule has 0 saturated carbocycles. The molecule has 2 unspecified atom stereocenters. The van der Waals surface area contributed by atoms with Gasteiger partial charge in [-0.1, -0.05) is 24.8 Å². The quantitative estimate of drug-likeness (QED) is 0.231. The van der Waals surface area contributed by atoms with Gasteiger partial charge in [0.2, 0.25) is 5.88 Å². The Hall–Kier alpha value is -3.66. The van der Waals surface area contributed by atoms with Crippen molar-refractivity contribution in [3.05, 3.63) is 63.8 Å². The summed E-state index contributed by atoms with van der Waals surface area (Å²) in [5.41, 5.74) is 17.4. The van der Waals surface area contributed by atoms with Gasteiger partial charge in [0.1, 0.15) is 11.5 Å². The fourth-order valence-corrected chi connectivity index (χ4v) is 6.26. The Labute approximate surface area is 226 Å². The highest BCUT2D eigenvalue weighted by Gasteiger charge is 2.35. The molecule has 2 aromatic carbocycles. The zero-order valence-electron chi connectivity index (χ0n) is 22.2. The lowest BCUT2D eigenvalue weighted by Crippen LogP contribution is -2.50. The first-order valence-electron chi connectivity index (χ1n) is 13.5. The molecule has 1 aliphatic carbocycles. The average Bonchev–Trinajstić information content (AvgIpc) is 3.14. The van der Waals surface area contributed by atoms with Gasteiger partial charge in [-0.15, -0.1) is 4.91 Å². The highest BCUT2D eigenvalue weighted by atomic mass is 19.1. The molecule has 2 fully saturated rings. The summed E-state index contributed by atoms with van der Waals surface area (Å²) in [6.07, 6.45) is 5.39. The number of nitroso groups, excluding NO2 is 1. The molecular weight excluding hydrogens is 495 g/mol. The number of fused-ring (bicyclic) bond motifs is 4. The van der Waals surface area contributed by atoms with E-state index in [4.69, 9.17) is 21.2 Å². The van der Waals surface area contributed by atoms with Crippen LogP contribution in [0.5, 0.6) is 5.88 Å². The molecule has 9 heteroatoms. The van der Waals surface area contributed by atoms with Gasteiger partial charge >= 0.3 is 0 Å². The molecule has 3 aromatic rings. The number of nitrogens with two attached hydrogens (primary N) is 2. The van der Waals surface area contributed by atoms with E-state index in [0.717, 1.165) is 48.3 Å². The van der Waals surface area contributed by atoms with Crippen molar-refractivity contribution in [2.75, 3.05) is 13.1 Å². The lowest BCUT2D eigenvalue weighted by atomic mass is 9.91. The first-order chi connectivity index (χ1) is 18.7. The van der Waals surface area contributed by atoms with Gasteiger partial charge in [-0.25, -0.2) is 9.37 Å². The maximum absolute atomic E-state index is 15.2. The van der Waals surface area contributed by atoms with Crippen LogP contribution in [0.4, 0.5) is 10.1 Å². The fraction of sp³-hybridized carbons (Fsp3) is 0.367. The molecule has 3 heterocycles. The minimum atomic E-state index is -0.659. The monoisotopic (exact) mass is 528 g/mol. The van der Waals surface area contributed by atoms with Crippen molar-refractivity contribution >= 4 is 34.3 Å². The molecule has 3 aliphatic rings. The van der Waals surface area contributed by atoms with Crippen LogP contribution >= 0.6 is 0 Å². The maximum atomic E-state index is 15.2. The number of pyridine rings is 1. The number of hydrogen-bond acceptors (Lipinski definition) is 8. The van der Waals surface area contributed by atoms with Crippen molar-refractivity contribution in [1.29, 1.82) is 0 Å². The van der Waals surface area contributed by atoms with E-state index in [0.29, 0.717) is 52.0 Å². The van der Waals surface area contributed by atoms with Crippen LogP contribution in [0, 0.1) is 10.7 Å². The third kappa shape index (κ3) is 4.50. The number of ether oxygens (including phenoxy) is 1. The summed E-state index contributed by atoms with van der Waals surface area (Å²) >= 11 is 0. The molecule has 2 bridgehead atoms. The first-order valence-corrected chi connectivity index (χ1v) is 13.5. The van der Waals surface area contributed by atoms with Crippen molar-refractivity contribution in [2.45, 2.75) is 57.5 Å². The van der Waals surface area contributed by atoms with E-state index < -0.39 is 6.17 Å². The van der Waals surface area contributed by atoms with Crippen LogP contribution in [0.2, 0.25) is 0 Å². The highest BCUT2D eigenvalue weighted by molar-refractivity contribution is 6.08. The Morgan fingerprint density at radius 2 is 1.92 bits per heavy atom. The number of piperazine rings is 1. The number of hydrogen-bond donors (Lipinski definition) is 3. The van der Waals surface area contributed by atoms with E-state index in [2.05, 4.69) is 22.0 Å². The number of likely N-dealkylation sites (tertiary alicyclic amines) is 1. The minimum Gasteiger partial charge on any atom is -0.474 e. The smallest absolute Gasteiger partial charge is 0.224 e. The van der Waals surface area contributed by atoms with Crippen molar-refractivity contribution < 1.29 is 9.13 Å². The molecule has 6 rings (SSSR count). The van der Waals surface area contributed by atoms with Crippen LogP contribution in [0.15, 0.2) is 36.0 Å². The molecule has 2 aliphatic heterocycles. The summed E-state index contributed by atoms with van der Waals surface area (Å²) in [4.78, 5) is 19.0. The van der Waals surface area contributed by atoms with E-state index in [1.54, 1.807) is 24.3 Å². The van der Waals surface area contributed by atoms with Gasteiger partial charge in [0.05, 0.1) is 23.5 Å².